The molecule has 0 spiro atoms. The van der Waals surface area contributed by atoms with E-state index in [1.165, 1.54) is 12.8 Å². The second kappa shape index (κ2) is 8.81. The van der Waals surface area contributed by atoms with Crippen molar-refractivity contribution in [3.8, 4) is 0 Å². The Bertz CT molecular complexity index is 545. The van der Waals surface area contributed by atoms with Gasteiger partial charge in [-0.25, -0.2) is 0 Å². The molecule has 1 atom stereocenters. The summed E-state index contributed by atoms with van der Waals surface area (Å²) in [5.41, 5.74) is 1.04. The van der Waals surface area contributed by atoms with E-state index in [1.807, 2.05) is 24.3 Å². The second-order valence-electron chi connectivity index (χ2n) is 6.45. The fourth-order valence-corrected chi connectivity index (χ4v) is 3.20. The minimum Gasteiger partial charge on any atom is -0.379 e. The van der Waals surface area contributed by atoms with E-state index >= 15 is 0 Å². The average molecular weight is 353 g/mol. The Balaban J connectivity index is 1.56. The van der Waals surface area contributed by atoms with Crippen molar-refractivity contribution in [2.45, 2.75) is 18.9 Å². The highest BCUT2D eigenvalue weighted by Gasteiger charge is 2.25. The number of hydrogen-bond acceptors (Lipinski definition) is 4. The zero-order chi connectivity index (χ0) is 16.8. The summed E-state index contributed by atoms with van der Waals surface area (Å²) in [6.45, 7) is 4.45. The third kappa shape index (κ3) is 5.18. The van der Waals surface area contributed by atoms with Crippen LogP contribution in [0, 0.1) is 5.92 Å². The number of carbonyl (C=O) groups excluding carboxylic acids is 1. The Labute approximate surface area is 148 Å². The van der Waals surface area contributed by atoms with E-state index in [2.05, 4.69) is 10.2 Å². The number of morpholine rings is 1. The van der Waals surface area contributed by atoms with Gasteiger partial charge in [0.15, 0.2) is 0 Å². The Hall–Kier alpha value is -1.14. The quantitative estimate of drug-likeness (QED) is 0.779. The lowest BCUT2D eigenvalue weighted by Gasteiger charge is -2.35. The van der Waals surface area contributed by atoms with Crippen LogP contribution in [0.1, 0.15) is 24.4 Å². The lowest BCUT2D eigenvalue weighted by molar-refractivity contribution is -0.126. The molecule has 2 fully saturated rings. The molecular formula is C18H25ClN2O3. The molecule has 1 saturated heterocycles. The zero-order valence-corrected chi connectivity index (χ0v) is 14.6. The van der Waals surface area contributed by atoms with E-state index in [1.54, 1.807) is 0 Å². The van der Waals surface area contributed by atoms with Crippen molar-refractivity contribution in [2.75, 3.05) is 46.1 Å². The van der Waals surface area contributed by atoms with Gasteiger partial charge in [-0.05, 0) is 30.4 Å². The number of halogens is 1. The summed E-state index contributed by atoms with van der Waals surface area (Å²) in [5, 5.41) is 3.72. The van der Waals surface area contributed by atoms with E-state index in [9.17, 15) is 4.79 Å². The third-order valence-electron chi connectivity index (χ3n) is 4.53. The third-order valence-corrected chi connectivity index (χ3v) is 4.87. The van der Waals surface area contributed by atoms with Crippen LogP contribution in [0.4, 0.5) is 0 Å². The van der Waals surface area contributed by atoms with Gasteiger partial charge in [0.2, 0.25) is 5.91 Å². The minimum atomic E-state index is -0.0686. The van der Waals surface area contributed by atoms with Crippen LogP contribution >= 0.6 is 11.6 Å². The van der Waals surface area contributed by atoms with Crippen molar-refractivity contribution in [3.63, 3.8) is 0 Å². The molecule has 132 valence electrons. The normalized spacial score (nSPS) is 19.9. The first-order valence-electron chi connectivity index (χ1n) is 8.64. The molecule has 2 aliphatic rings. The van der Waals surface area contributed by atoms with Gasteiger partial charge in [0, 0.05) is 24.7 Å². The monoisotopic (exact) mass is 352 g/mol. The van der Waals surface area contributed by atoms with Crippen LogP contribution in [0.3, 0.4) is 0 Å². The smallest absolute Gasteiger partial charge is 0.246 e. The molecule has 1 N–H and O–H groups in total. The summed E-state index contributed by atoms with van der Waals surface area (Å²) in [6.07, 6.45) is 2.46. The maximum absolute atomic E-state index is 12.0. The summed E-state index contributed by atoms with van der Waals surface area (Å²) < 4.78 is 10.9. The average Bonchev–Trinajstić information content (AvgIpc) is 3.42. The topological polar surface area (TPSA) is 50.8 Å². The molecule has 1 aliphatic carbocycles. The van der Waals surface area contributed by atoms with Crippen LogP contribution in [-0.2, 0) is 14.3 Å². The molecule has 5 nitrogen and oxygen atoms in total. The lowest BCUT2D eigenvalue weighted by Crippen LogP contribution is -2.44. The Morgan fingerprint density at radius 1 is 1.33 bits per heavy atom. The SMILES string of the molecule is O=C(COCC1CC1)NCC(c1ccccc1Cl)N1CCOCC1. The maximum atomic E-state index is 12.0. The van der Waals surface area contributed by atoms with Crippen LogP contribution in [0.5, 0.6) is 0 Å². The summed E-state index contributed by atoms with van der Waals surface area (Å²) in [4.78, 5) is 14.4. The first kappa shape index (κ1) is 17.7. The fraction of sp³-hybridized carbons (Fsp3) is 0.611. The first-order chi connectivity index (χ1) is 11.7. The van der Waals surface area contributed by atoms with E-state index in [0.717, 1.165) is 23.7 Å². The van der Waals surface area contributed by atoms with Crippen LogP contribution in [0.25, 0.3) is 0 Å². The molecule has 1 aliphatic heterocycles. The van der Waals surface area contributed by atoms with Gasteiger partial charge in [0.1, 0.15) is 6.61 Å². The summed E-state index contributed by atoms with van der Waals surface area (Å²) >= 11 is 6.38. The van der Waals surface area contributed by atoms with E-state index in [-0.39, 0.29) is 18.6 Å². The van der Waals surface area contributed by atoms with Gasteiger partial charge in [-0.1, -0.05) is 29.8 Å². The molecule has 24 heavy (non-hydrogen) atoms. The number of benzene rings is 1. The van der Waals surface area contributed by atoms with Crippen molar-refractivity contribution in [1.29, 1.82) is 0 Å². The van der Waals surface area contributed by atoms with E-state index in [4.69, 9.17) is 21.1 Å². The number of hydrogen-bond donors (Lipinski definition) is 1. The number of nitrogens with one attached hydrogen (secondary N) is 1. The van der Waals surface area contributed by atoms with Crippen molar-refractivity contribution < 1.29 is 14.3 Å². The van der Waals surface area contributed by atoms with Crippen molar-refractivity contribution in [1.82, 2.24) is 10.2 Å². The molecular weight excluding hydrogens is 328 g/mol. The van der Waals surface area contributed by atoms with Crippen molar-refractivity contribution in [2.24, 2.45) is 5.92 Å². The summed E-state index contributed by atoms with van der Waals surface area (Å²) in [5.74, 6) is 0.600. The number of ether oxygens (including phenoxy) is 2. The highest BCUT2D eigenvalue weighted by molar-refractivity contribution is 6.31. The van der Waals surface area contributed by atoms with Gasteiger partial charge in [0.05, 0.1) is 25.9 Å². The van der Waals surface area contributed by atoms with Crippen LogP contribution in [0.2, 0.25) is 5.02 Å². The summed E-state index contributed by atoms with van der Waals surface area (Å²) in [7, 11) is 0. The van der Waals surface area contributed by atoms with E-state index < -0.39 is 0 Å². The molecule has 1 heterocycles. The number of amides is 1. The summed E-state index contributed by atoms with van der Waals surface area (Å²) in [6, 6.07) is 7.88. The second-order valence-corrected chi connectivity index (χ2v) is 6.86. The largest absolute Gasteiger partial charge is 0.379 e. The van der Waals surface area contributed by atoms with Gasteiger partial charge >= 0.3 is 0 Å². The maximum Gasteiger partial charge on any atom is 0.246 e. The van der Waals surface area contributed by atoms with Crippen molar-refractivity contribution >= 4 is 17.5 Å². The molecule has 0 radical (unpaired) electrons. The van der Waals surface area contributed by atoms with Gasteiger partial charge in [0.25, 0.3) is 0 Å². The molecule has 1 amide bonds. The molecule has 1 aromatic carbocycles. The van der Waals surface area contributed by atoms with Crippen LogP contribution < -0.4 is 5.32 Å². The van der Waals surface area contributed by atoms with Crippen LogP contribution in [-0.4, -0.2) is 56.9 Å². The van der Waals surface area contributed by atoms with Gasteiger partial charge in [-0.15, -0.1) is 0 Å². The molecule has 0 bridgehead atoms. The molecule has 0 aromatic heterocycles. The van der Waals surface area contributed by atoms with Crippen molar-refractivity contribution in [3.05, 3.63) is 34.9 Å². The van der Waals surface area contributed by atoms with Gasteiger partial charge < -0.3 is 14.8 Å². The van der Waals surface area contributed by atoms with Crippen LogP contribution in [0.15, 0.2) is 24.3 Å². The number of carbonyl (C=O) groups is 1. The molecule has 3 rings (SSSR count). The minimum absolute atomic E-state index is 0.0509. The highest BCUT2D eigenvalue weighted by Crippen LogP contribution is 2.29. The predicted molar refractivity (Wildman–Crippen MR) is 93.1 cm³/mol. The molecule has 6 heteroatoms. The first-order valence-corrected chi connectivity index (χ1v) is 9.02. The van der Waals surface area contributed by atoms with E-state index in [0.29, 0.717) is 32.3 Å². The number of nitrogens with zero attached hydrogens (tertiary/aromatic N) is 1. The van der Waals surface area contributed by atoms with Gasteiger partial charge in [-0.3, -0.25) is 9.69 Å². The fourth-order valence-electron chi connectivity index (χ4n) is 2.93. The Morgan fingerprint density at radius 3 is 2.79 bits per heavy atom. The molecule has 1 aromatic rings. The highest BCUT2D eigenvalue weighted by atomic mass is 35.5. The molecule has 1 unspecified atom stereocenters. The lowest BCUT2D eigenvalue weighted by atomic mass is 10.0. The standard InChI is InChI=1S/C18H25ClN2O3/c19-16-4-2-1-3-15(16)17(21-7-9-23-10-8-21)11-20-18(22)13-24-12-14-5-6-14/h1-4,14,17H,5-13H2,(H,20,22). The Morgan fingerprint density at radius 2 is 2.08 bits per heavy atom. The predicted octanol–water partition coefficient (Wildman–Crippen LogP) is 2.26. The molecule has 1 saturated carbocycles. The van der Waals surface area contributed by atoms with Gasteiger partial charge in [-0.2, -0.15) is 0 Å². The zero-order valence-electron chi connectivity index (χ0n) is 13.9. The Kier molecular flexibility index (Phi) is 6.49. The number of rotatable bonds is 8.